The van der Waals surface area contributed by atoms with E-state index in [9.17, 15) is 13.9 Å². The lowest BCUT2D eigenvalue weighted by atomic mass is 9.91. The van der Waals surface area contributed by atoms with Gasteiger partial charge in [0.15, 0.2) is 0 Å². The molecule has 126 valence electrons. The molecule has 0 aliphatic heterocycles. The van der Waals surface area contributed by atoms with Crippen LogP contribution in [0.4, 0.5) is 20.3 Å². The fourth-order valence-corrected chi connectivity index (χ4v) is 3.42. The summed E-state index contributed by atoms with van der Waals surface area (Å²) >= 11 is 0. The van der Waals surface area contributed by atoms with Gasteiger partial charge in [0.25, 0.3) is 0 Å². The number of nitrogens with one attached hydrogen (secondary N) is 2. The molecule has 4 rings (SSSR count). The van der Waals surface area contributed by atoms with Gasteiger partial charge in [0, 0.05) is 23.4 Å². The molecule has 0 amide bonds. The maximum absolute atomic E-state index is 13.8. The molecule has 1 aliphatic rings. The number of nitrogens with zero attached hydrogens (tertiary/aromatic N) is 1. The second-order valence-electron chi connectivity index (χ2n) is 6.36. The lowest BCUT2D eigenvalue weighted by Crippen LogP contribution is -2.37. The Kier molecular flexibility index (Phi) is 3.53. The molecule has 24 heavy (non-hydrogen) atoms. The summed E-state index contributed by atoms with van der Waals surface area (Å²) in [6.07, 6.45) is 0.642. The minimum Gasteiger partial charge on any atom is -0.396 e. The molecular formula is C17H18F2N4O. The highest BCUT2D eigenvalue weighted by atomic mass is 19.1. The van der Waals surface area contributed by atoms with Gasteiger partial charge in [-0.3, -0.25) is 0 Å². The van der Waals surface area contributed by atoms with Crippen LogP contribution in [-0.2, 0) is 0 Å². The molecule has 1 aromatic carbocycles. The van der Waals surface area contributed by atoms with Gasteiger partial charge in [-0.2, -0.15) is 0 Å². The topological polar surface area (TPSA) is 87.0 Å². The highest BCUT2D eigenvalue weighted by Crippen LogP contribution is 2.35. The number of fused-ring (bicyclic) bond motifs is 3. The third kappa shape index (κ3) is 2.45. The number of aliphatic hydroxyl groups is 1. The van der Waals surface area contributed by atoms with E-state index < -0.39 is 12.3 Å². The Bertz CT molecular complexity index is 910. The molecule has 1 saturated carbocycles. The fraction of sp³-hybridized carbons (Fsp3) is 0.353. The molecule has 3 atom stereocenters. The Morgan fingerprint density at radius 3 is 2.96 bits per heavy atom. The van der Waals surface area contributed by atoms with E-state index in [1.807, 2.05) is 0 Å². The molecule has 5 nitrogen and oxygen atoms in total. The maximum Gasteiger partial charge on any atom is 0.136 e. The summed E-state index contributed by atoms with van der Waals surface area (Å²) < 4.78 is 27.4. The molecule has 5 N–H and O–H groups in total. The number of hydrogen-bond acceptors (Lipinski definition) is 4. The summed E-state index contributed by atoms with van der Waals surface area (Å²) in [6.45, 7) is 0. The number of hydrogen-bond donors (Lipinski definition) is 4. The molecular weight excluding hydrogens is 314 g/mol. The van der Waals surface area contributed by atoms with Gasteiger partial charge in [0.05, 0.1) is 28.9 Å². The molecule has 0 bridgehead atoms. The molecule has 3 unspecified atom stereocenters. The van der Waals surface area contributed by atoms with Crippen LogP contribution in [0.2, 0.25) is 0 Å². The van der Waals surface area contributed by atoms with E-state index in [4.69, 9.17) is 5.73 Å². The van der Waals surface area contributed by atoms with Crippen molar-refractivity contribution in [2.45, 2.75) is 37.6 Å². The minimum atomic E-state index is -1.25. The third-order valence-corrected chi connectivity index (χ3v) is 4.70. The van der Waals surface area contributed by atoms with Crippen molar-refractivity contribution in [2.75, 3.05) is 11.1 Å². The average Bonchev–Trinajstić information content (AvgIpc) is 2.93. The van der Waals surface area contributed by atoms with Crippen LogP contribution in [0, 0.1) is 5.82 Å². The van der Waals surface area contributed by atoms with Crippen molar-refractivity contribution in [1.82, 2.24) is 9.97 Å². The molecule has 7 heteroatoms. The first kappa shape index (κ1) is 15.1. The van der Waals surface area contributed by atoms with Crippen molar-refractivity contribution in [3.63, 3.8) is 0 Å². The summed E-state index contributed by atoms with van der Waals surface area (Å²) in [5.74, 6) is 0.200. The fourth-order valence-electron chi connectivity index (χ4n) is 3.42. The van der Waals surface area contributed by atoms with E-state index >= 15 is 0 Å². The number of halogens is 2. The van der Waals surface area contributed by atoms with E-state index in [2.05, 4.69) is 15.3 Å². The number of nitrogen functional groups attached to an aromatic ring is 1. The van der Waals surface area contributed by atoms with Crippen molar-refractivity contribution < 1.29 is 13.9 Å². The molecule has 0 saturated heterocycles. The van der Waals surface area contributed by atoms with Crippen LogP contribution < -0.4 is 11.1 Å². The van der Waals surface area contributed by atoms with Crippen LogP contribution in [0.15, 0.2) is 24.4 Å². The summed E-state index contributed by atoms with van der Waals surface area (Å²) in [7, 11) is 0. The van der Waals surface area contributed by atoms with Gasteiger partial charge < -0.3 is 21.1 Å². The van der Waals surface area contributed by atoms with Gasteiger partial charge in [-0.15, -0.1) is 0 Å². The number of alkyl halides is 1. The Hall–Kier alpha value is -2.41. The van der Waals surface area contributed by atoms with Crippen molar-refractivity contribution in [1.29, 1.82) is 0 Å². The van der Waals surface area contributed by atoms with Crippen LogP contribution >= 0.6 is 0 Å². The quantitative estimate of drug-likeness (QED) is 0.581. The monoisotopic (exact) mass is 332 g/mol. The zero-order chi connectivity index (χ0) is 16.8. The number of nitrogens with two attached hydrogens (primary N) is 1. The second kappa shape index (κ2) is 5.59. The standard InChI is InChI=1S/C17H18F2N4O/c18-8-1-3-13-10(5-8)15-16(23-13)12(20)7-21-17(15)22-9-2-4-14(24)11(19)6-9/h1,3,5,7,9,11,14,23-24H,2,4,6,20H2,(H,21,22). The summed E-state index contributed by atoms with van der Waals surface area (Å²) in [5, 5.41) is 14.1. The van der Waals surface area contributed by atoms with Crippen LogP contribution in [0.25, 0.3) is 21.8 Å². The predicted molar refractivity (Wildman–Crippen MR) is 90.1 cm³/mol. The Labute approximate surface area is 136 Å². The smallest absolute Gasteiger partial charge is 0.136 e. The first-order valence-corrected chi connectivity index (χ1v) is 7.97. The van der Waals surface area contributed by atoms with Gasteiger partial charge in [-0.05, 0) is 31.0 Å². The largest absolute Gasteiger partial charge is 0.396 e. The molecule has 1 fully saturated rings. The van der Waals surface area contributed by atoms with Gasteiger partial charge >= 0.3 is 0 Å². The Balaban J connectivity index is 1.79. The number of benzene rings is 1. The first-order chi connectivity index (χ1) is 11.5. The number of pyridine rings is 1. The SMILES string of the molecule is Nc1cnc(NC2CCC(O)C(F)C2)c2c1[nH]c1ccc(F)cc12. The number of rotatable bonds is 2. The number of aromatic amines is 1. The molecule has 0 radical (unpaired) electrons. The number of aromatic nitrogens is 2. The first-order valence-electron chi connectivity index (χ1n) is 7.97. The van der Waals surface area contributed by atoms with E-state index in [0.717, 1.165) is 5.52 Å². The highest BCUT2D eigenvalue weighted by Gasteiger charge is 2.29. The lowest BCUT2D eigenvalue weighted by Gasteiger charge is -2.29. The minimum absolute atomic E-state index is 0.138. The van der Waals surface area contributed by atoms with Crippen LogP contribution in [-0.4, -0.2) is 33.4 Å². The molecule has 1 aliphatic carbocycles. The zero-order valence-corrected chi connectivity index (χ0v) is 12.9. The van der Waals surface area contributed by atoms with E-state index in [-0.39, 0.29) is 18.3 Å². The van der Waals surface area contributed by atoms with Crippen molar-refractivity contribution in [2.24, 2.45) is 0 Å². The second-order valence-corrected chi connectivity index (χ2v) is 6.36. The Morgan fingerprint density at radius 2 is 2.17 bits per heavy atom. The van der Waals surface area contributed by atoms with Gasteiger partial charge in [-0.1, -0.05) is 0 Å². The van der Waals surface area contributed by atoms with Crippen LogP contribution in [0.5, 0.6) is 0 Å². The number of aliphatic hydroxyl groups excluding tert-OH is 1. The van der Waals surface area contributed by atoms with Gasteiger partial charge in [-0.25, -0.2) is 13.8 Å². The zero-order valence-electron chi connectivity index (χ0n) is 12.9. The average molecular weight is 332 g/mol. The third-order valence-electron chi connectivity index (χ3n) is 4.70. The van der Waals surface area contributed by atoms with Gasteiger partial charge in [0.1, 0.15) is 17.8 Å². The number of anilines is 2. The Morgan fingerprint density at radius 1 is 1.33 bits per heavy atom. The van der Waals surface area contributed by atoms with E-state index in [0.29, 0.717) is 40.6 Å². The van der Waals surface area contributed by atoms with Gasteiger partial charge in [0.2, 0.25) is 0 Å². The van der Waals surface area contributed by atoms with E-state index in [1.165, 1.54) is 18.3 Å². The summed E-state index contributed by atoms with van der Waals surface area (Å²) in [4.78, 5) is 7.51. The van der Waals surface area contributed by atoms with Crippen LogP contribution in [0.1, 0.15) is 19.3 Å². The number of H-pyrrole nitrogens is 1. The maximum atomic E-state index is 13.8. The molecule has 2 heterocycles. The van der Waals surface area contributed by atoms with Crippen molar-refractivity contribution in [3.8, 4) is 0 Å². The highest BCUT2D eigenvalue weighted by molar-refractivity contribution is 6.15. The lowest BCUT2D eigenvalue weighted by molar-refractivity contribution is 0.0402. The molecule has 3 aromatic rings. The molecule has 0 spiro atoms. The van der Waals surface area contributed by atoms with Crippen LogP contribution in [0.3, 0.4) is 0 Å². The normalized spacial score (nSPS) is 24.5. The summed E-state index contributed by atoms with van der Waals surface area (Å²) in [5.41, 5.74) is 7.90. The summed E-state index contributed by atoms with van der Waals surface area (Å²) in [6, 6.07) is 4.33. The predicted octanol–water partition coefficient (Wildman–Crippen LogP) is 3.10. The molecule has 2 aromatic heterocycles. The van der Waals surface area contributed by atoms with E-state index in [1.54, 1.807) is 6.07 Å². The van der Waals surface area contributed by atoms with Crippen molar-refractivity contribution in [3.05, 3.63) is 30.2 Å². The van der Waals surface area contributed by atoms with Crippen molar-refractivity contribution >= 4 is 33.3 Å².